The molecule has 0 aliphatic carbocycles. The largest absolute Gasteiger partial charge is 0.419 e. The summed E-state index contributed by atoms with van der Waals surface area (Å²) in [6.07, 6.45) is -4.84. The Morgan fingerprint density at radius 1 is 1.05 bits per heavy atom. The summed E-state index contributed by atoms with van der Waals surface area (Å²) >= 11 is 3.14. The van der Waals surface area contributed by atoms with Gasteiger partial charge in [-0.3, -0.25) is 4.79 Å². The fourth-order valence-corrected chi connectivity index (χ4v) is 2.11. The highest BCUT2D eigenvalue weighted by Crippen LogP contribution is 2.33. The Hall–Kier alpha value is -1.69. The number of carbonyl (C=O) groups excluding carboxylic acids is 1. The molecule has 0 radical (unpaired) electrons. The number of ketones is 1. The van der Waals surface area contributed by atoms with Gasteiger partial charge in [0.15, 0.2) is 5.78 Å². The van der Waals surface area contributed by atoms with Gasteiger partial charge in [-0.25, -0.2) is 4.39 Å². The molecule has 0 amide bonds. The smallest absolute Gasteiger partial charge is 0.288 e. The summed E-state index contributed by atoms with van der Waals surface area (Å²) in [5.74, 6) is -2.35. The van der Waals surface area contributed by atoms with E-state index in [1.54, 1.807) is 12.1 Å². The molecule has 0 aromatic heterocycles. The van der Waals surface area contributed by atoms with Crippen LogP contribution in [-0.4, -0.2) is 5.78 Å². The maximum Gasteiger partial charge on any atom is 0.419 e. The molecule has 1 nitrogen and oxygen atoms in total. The van der Waals surface area contributed by atoms with Crippen LogP contribution in [0.1, 0.15) is 21.5 Å². The molecule has 20 heavy (non-hydrogen) atoms. The van der Waals surface area contributed by atoms with Gasteiger partial charge in [0.1, 0.15) is 5.82 Å². The molecule has 2 aromatic rings. The second-order valence-electron chi connectivity index (χ2n) is 4.00. The highest BCUT2D eigenvalue weighted by Gasteiger charge is 2.35. The molecule has 104 valence electrons. The molecule has 0 spiro atoms. The molecule has 0 saturated heterocycles. The monoisotopic (exact) mass is 346 g/mol. The molecule has 0 bridgehead atoms. The normalized spacial score (nSPS) is 11.4. The van der Waals surface area contributed by atoms with E-state index in [0.29, 0.717) is 10.5 Å². The Bertz CT molecular complexity index is 664. The highest BCUT2D eigenvalue weighted by molar-refractivity contribution is 9.10. The van der Waals surface area contributed by atoms with Crippen molar-refractivity contribution in [2.24, 2.45) is 0 Å². The van der Waals surface area contributed by atoms with Crippen molar-refractivity contribution in [2.45, 2.75) is 6.18 Å². The van der Waals surface area contributed by atoms with Crippen molar-refractivity contribution in [3.63, 3.8) is 0 Å². The quantitative estimate of drug-likeness (QED) is 0.561. The summed E-state index contributed by atoms with van der Waals surface area (Å²) in [7, 11) is 0. The Labute approximate surface area is 120 Å². The van der Waals surface area contributed by atoms with E-state index >= 15 is 0 Å². The van der Waals surface area contributed by atoms with Gasteiger partial charge in [0.05, 0.1) is 11.1 Å². The Balaban J connectivity index is 2.51. The van der Waals surface area contributed by atoms with Gasteiger partial charge in [-0.1, -0.05) is 34.1 Å². The average Bonchev–Trinajstić information content (AvgIpc) is 2.37. The third-order valence-electron chi connectivity index (χ3n) is 2.64. The Morgan fingerprint density at radius 3 is 2.30 bits per heavy atom. The molecule has 0 aliphatic heterocycles. The molecular weight excluding hydrogens is 340 g/mol. The van der Waals surface area contributed by atoms with E-state index in [1.807, 2.05) is 0 Å². The summed E-state index contributed by atoms with van der Waals surface area (Å²) in [4.78, 5) is 12.1. The van der Waals surface area contributed by atoms with Crippen molar-refractivity contribution in [1.82, 2.24) is 0 Å². The van der Waals surface area contributed by atoms with Crippen LogP contribution >= 0.6 is 15.9 Å². The molecule has 6 heteroatoms. The molecule has 0 unspecified atom stereocenters. The third-order valence-corrected chi connectivity index (χ3v) is 3.13. The lowest BCUT2D eigenvalue weighted by Gasteiger charge is -2.10. The minimum absolute atomic E-state index is 0.109. The van der Waals surface area contributed by atoms with Crippen molar-refractivity contribution in [3.8, 4) is 0 Å². The molecule has 2 aromatic carbocycles. The van der Waals surface area contributed by atoms with Crippen molar-refractivity contribution < 1.29 is 22.4 Å². The first-order valence-electron chi connectivity index (χ1n) is 5.46. The minimum atomic E-state index is -4.84. The van der Waals surface area contributed by atoms with E-state index in [0.717, 1.165) is 12.1 Å². The van der Waals surface area contributed by atoms with E-state index in [4.69, 9.17) is 0 Å². The lowest BCUT2D eigenvalue weighted by atomic mass is 10.0. The van der Waals surface area contributed by atoms with Crippen LogP contribution in [0, 0.1) is 5.82 Å². The second-order valence-corrected chi connectivity index (χ2v) is 4.92. The molecule has 0 heterocycles. The Morgan fingerprint density at radius 2 is 1.70 bits per heavy atom. The lowest BCUT2D eigenvalue weighted by Crippen LogP contribution is -2.13. The number of benzene rings is 2. The van der Waals surface area contributed by atoms with Crippen LogP contribution in [-0.2, 0) is 6.18 Å². The number of carbonyl (C=O) groups is 1. The number of hydrogen-bond donors (Lipinski definition) is 0. The van der Waals surface area contributed by atoms with Gasteiger partial charge in [0, 0.05) is 10.0 Å². The van der Waals surface area contributed by atoms with E-state index in [2.05, 4.69) is 15.9 Å². The van der Waals surface area contributed by atoms with E-state index in [-0.39, 0.29) is 5.56 Å². The van der Waals surface area contributed by atoms with Crippen LogP contribution in [0.25, 0.3) is 0 Å². The predicted molar refractivity (Wildman–Crippen MR) is 69.0 cm³/mol. The zero-order valence-electron chi connectivity index (χ0n) is 9.84. The fourth-order valence-electron chi connectivity index (χ4n) is 1.71. The number of hydrogen-bond acceptors (Lipinski definition) is 1. The van der Waals surface area contributed by atoms with Crippen LogP contribution in [0.2, 0.25) is 0 Å². The summed E-state index contributed by atoms with van der Waals surface area (Å²) in [5, 5.41) is 0. The standard InChI is InChI=1S/C14H7BrF4O/c15-9-4-1-3-8(7-9)13(20)10-5-2-6-11(12(10)16)14(17,18)19/h1-7H. The number of alkyl halides is 3. The zero-order chi connectivity index (χ0) is 14.9. The minimum Gasteiger partial charge on any atom is -0.288 e. The average molecular weight is 347 g/mol. The van der Waals surface area contributed by atoms with E-state index in [9.17, 15) is 22.4 Å². The van der Waals surface area contributed by atoms with Gasteiger partial charge < -0.3 is 0 Å². The van der Waals surface area contributed by atoms with Crippen LogP contribution < -0.4 is 0 Å². The molecule has 0 atom stereocenters. The van der Waals surface area contributed by atoms with Crippen LogP contribution in [0.15, 0.2) is 46.9 Å². The predicted octanol–water partition coefficient (Wildman–Crippen LogP) is 4.84. The van der Waals surface area contributed by atoms with Gasteiger partial charge in [0.2, 0.25) is 0 Å². The molecule has 0 saturated carbocycles. The molecule has 0 fully saturated rings. The highest BCUT2D eigenvalue weighted by atomic mass is 79.9. The van der Waals surface area contributed by atoms with Gasteiger partial charge >= 0.3 is 6.18 Å². The maximum atomic E-state index is 13.9. The molecular formula is C14H7BrF4O. The van der Waals surface area contributed by atoms with Crippen molar-refractivity contribution in [2.75, 3.05) is 0 Å². The third kappa shape index (κ3) is 2.90. The topological polar surface area (TPSA) is 17.1 Å². The van der Waals surface area contributed by atoms with Crippen molar-refractivity contribution >= 4 is 21.7 Å². The summed E-state index contributed by atoms with van der Waals surface area (Å²) in [6.45, 7) is 0. The van der Waals surface area contributed by atoms with Crippen molar-refractivity contribution in [1.29, 1.82) is 0 Å². The van der Waals surface area contributed by atoms with E-state index < -0.39 is 28.9 Å². The zero-order valence-corrected chi connectivity index (χ0v) is 11.4. The number of rotatable bonds is 2. The van der Waals surface area contributed by atoms with Gasteiger partial charge in [-0.05, 0) is 24.3 Å². The summed E-state index contributed by atoms with van der Waals surface area (Å²) < 4.78 is 52.2. The van der Waals surface area contributed by atoms with E-state index in [1.165, 1.54) is 12.1 Å². The van der Waals surface area contributed by atoms with Crippen molar-refractivity contribution in [3.05, 3.63) is 69.4 Å². The molecule has 0 N–H and O–H groups in total. The SMILES string of the molecule is O=C(c1cccc(Br)c1)c1cccc(C(F)(F)F)c1F. The molecule has 0 aliphatic rings. The van der Waals surface area contributed by atoms with Crippen LogP contribution in [0.4, 0.5) is 17.6 Å². The first kappa shape index (κ1) is 14.7. The first-order valence-corrected chi connectivity index (χ1v) is 6.26. The molecule has 2 rings (SSSR count). The van der Waals surface area contributed by atoms with Gasteiger partial charge in [0.25, 0.3) is 0 Å². The summed E-state index contributed by atoms with van der Waals surface area (Å²) in [5.41, 5.74) is -1.94. The summed E-state index contributed by atoms with van der Waals surface area (Å²) in [6, 6.07) is 8.68. The lowest BCUT2D eigenvalue weighted by molar-refractivity contribution is -0.140. The first-order chi connectivity index (χ1) is 9.30. The maximum absolute atomic E-state index is 13.9. The fraction of sp³-hybridized carbons (Fsp3) is 0.0714. The second kappa shape index (κ2) is 5.36. The Kier molecular flexibility index (Phi) is 3.94. The van der Waals surface area contributed by atoms with Gasteiger partial charge in [-0.2, -0.15) is 13.2 Å². The number of halogens is 5. The van der Waals surface area contributed by atoms with Gasteiger partial charge in [-0.15, -0.1) is 0 Å². The van der Waals surface area contributed by atoms with Crippen LogP contribution in [0.3, 0.4) is 0 Å². The van der Waals surface area contributed by atoms with Crippen LogP contribution in [0.5, 0.6) is 0 Å².